The van der Waals surface area contributed by atoms with Gasteiger partial charge in [-0.25, -0.2) is 0 Å². The van der Waals surface area contributed by atoms with E-state index in [1.165, 1.54) is 5.56 Å². The predicted molar refractivity (Wildman–Crippen MR) is 91.4 cm³/mol. The van der Waals surface area contributed by atoms with Crippen LogP contribution in [0.15, 0.2) is 54.6 Å². The first-order valence-electron chi connectivity index (χ1n) is 8.05. The number of hydrogen-bond donors (Lipinski definition) is 2. The maximum absolute atomic E-state index is 12.1. The summed E-state index contributed by atoms with van der Waals surface area (Å²) in [5, 5.41) is 6.24. The molecule has 2 aromatic carbocycles. The number of benzene rings is 2. The molecule has 0 spiro atoms. The normalized spacial score (nSPS) is 18.4. The molecule has 2 N–H and O–H groups in total. The van der Waals surface area contributed by atoms with Gasteiger partial charge in [-0.05, 0) is 43.1 Å². The van der Waals surface area contributed by atoms with E-state index in [9.17, 15) is 4.79 Å². The van der Waals surface area contributed by atoms with Crippen molar-refractivity contribution in [2.45, 2.75) is 25.5 Å². The van der Waals surface area contributed by atoms with E-state index in [0.29, 0.717) is 5.75 Å². The Bertz CT molecular complexity index is 634. The zero-order valence-corrected chi connectivity index (χ0v) is 13.3. The predicted octanol–water partition coefficient (Wildman–Crippen LogP) is 2.60. The summed E-state index contributed by atoms with van der Waals surface area (Å²) in [5.74, 6) is 0.641. The zero-order chi connectivity index (χ0) is 16.1. The van der Waals surface area contributed by atoms with Crippen molar-refractivity contribution in [3.63, 3.8) is 0 Å². The molecule has 0 bridgehead atoms. The van der Waals surface area contributed by atoms with Crippen LogP contribution in [0.5, 0.6) is 5.75 Å². The standard InChI is InChI=1S/C19H22N2O2/c1-14(19(22)21-17-11-12-20-13-17)23-18-9-7-16(8-10-18)15-5-3-2-4-6-15/h2-10,14,17,20H,11-13H2,1H3,(H,21,22). The third-order valence-corrected chi connectivity index (χ3v) is 4.05. The molecule has 0 aromatic heterocycles. The molecule has 0 radical (unpaired) electrons. The second kappa shape index (κ2) is 7.29. The minimum atomic E-state index is -0.502. The molecule has 120 valence electrons. The fourth-order valence-electron chi connectivity index (χ4n) is 2.71. The third kappa shape index (κ3) is 4.11. The number of carbonyl (C=O) groups excluding carboxylic acids is 1. The largest absolute Gasteiger partial charge is 0.481 e. The summed E-state index contributed by atoms with van der Waals surface area (Å²) in [6.45, 7) is 3.58. The molecule has 1 amide bonds. The molecule has 2 atom stereocenters. The second-order valence-electron chi connectivity index (χ2n) is 5.85. The fraction of sp³-hybridized carbons (Fsp3) is 0.316. The summed E-state index contributed by atoms with van der Waals surface area (Å²) >= 11 is 0. The summed E-state index contributed by atoms with van der Waals surface area (Å²) in [6, 6.07) is 18.2. The van der Waals surface area contributed by atoms with Crippen LogP contribution in [0, 0.1) is 0 Å². The molecule has 1 aliphatic rings. The van der Waals surface area contributed by atoms with Crippen molar-refractivity contribution in [3.05, 3.63) is 54.6 Å². The van der Waals surface area contributed by atoms with E-state index >= 15 is 0 Å². The van der Waals surface area contributed by atoms with Crippen LogP contribution in [0.1, 0.15) is 13.3 Å². The molecule has 1 heterocycles. The van der Waals surface area contributed by atoms with Crippen molar-refractivity contribution >= 4 is 5.91 Å². The highest BCUT2D eigenvalue weighted by Crippen LogP contribution is 2.22. The van der Waals surface area contributed by atoms with Gasteiger partial charge in [0.15, 0.2) is 6.10 Å². The molecular formula is C19H22N2O2. The Kier molecular flexibility index (Phi) is 4.93. The Hall–Kier alpha value is -2.33. The topological polar surface area (TPSA) is 50.4 Å². The summed E-state index contributed by atoms with van der Waals surface area (Å²) < 4.78 is 5.74. The van der Waals surface area contributed by atoms with E-state index in [0.717, 1.165) is 25.1 Å². The van der Waals surface area contributed by atoms with Crippen LogP contribution in [-0.2, 0) is 4.79 Å². The molecule has 1 aliphatic heterocycles. The summed E-state index contributed by atoms with van der Waals surface area (Å²) in [6.07, 6.45) is 0.475. The van der Waals surface area contributed by atoms with Crippen molar-refractivity contribution < 1.29 is 9.53 Å². The average Bonchev–Trinajstić information content (AvgIpc) is 3.09. The van der Waals surface area contributed by atoms with Crippen LogP contribution in [0.4, 0.5) is 0 Å². The van der Waals surface area contributed by atoms with Gasteiger partial charge in [-0.2, -0.15) is 0 Å². The SMILES string of the molecule is CC(Oc1ccc(-c2ccccc2)cc1)C(=O)NC1CCNC1. The van der Waals surface area contributed by atoms with Crippen LogP contribution in [-0.4, -0.2) is 31.1 Å². The van der Waals surface area contributed by atoms with Crippen LogP contribution in [0.2, 0.25) is 0 Å². The summed E-state index contributed by atoms with van der Waals surface area (Å²) in [4.78, 5) is 12.1. The molecule has 4 heteroatoms. The van der Waals surface area contributed by atoms with Crippen molar-refractivity contribution in [2.75, 3.05) is 13.1 Å². The van der Waals surface area contributed by atoms with Gasteiger partial charge in [0.1, 0.15) is 5.75 Å². The molecule has 0 saturated carbocycles. The number of ether oxygens (including phenoxy) is 1. The van der Waals surface area contributed by atoms with E-state index < -0.39 is 6.10 Å². The lowest BCUT2D eigenvalue weighted by Crippen LogP contribution is -2.43. The summed E-state index contributed by atoms with van der Waals surface area (Å²) in [5.41, 5.74) is 2.30. The van der Waals surface area contributed by atoms with Gasteiger partial charge in [-0.3, -0.25) is 4.79 Å². The lowest BCUT2D eigenvalue weighted by atomic mass is 10.1. The van der Waals surface area contributed by atoms with Crippen LogP contribution >= 0.6 is 0 Å². The van der Waals surface area contributed by atoms with Gasteiger partial charge in [-0.15, -0.1) is 0 Å². The van der Waals surface area contributed by atoms with Gasteiger partial charge in [0.05, 0.1) is 0 Å². The van der Waals surface area contributed by atoms with Crippen molar-refractivity contribution in [2.24, 2.45) is 0 Å². The van der Waals surface area contributed by atoms with Crippen molar-refractivity contribution in [1.82, 2.24) is 10.6 Å². The Morgan fingerprint density at radius 1 is 1.13 bits per heavy atom. The Labute approximate surface area is 136 Å². The number of nitrogens with one attached hydrogen (secondary N) is 2. The third-order valence-electron chi connectivity index (χ3n) is 4.05. The fourth-order valence-corrected chi connectivity index (χ4v) is 2.71. The molecule has 23 heavy (non-hydrogen) atoms. The van der Waals surface area contributed by atoms with Gasteiger partial charge in [-0.1, -0.05) is 42.5 Å². The van der Waals surface area contributed by atoms with E-state index in [1.54, 1.807) is 6.92 Å². The number of carbonyl (C=O) groups is 1. The highest BCUT2D eigenvalue weighted by Gasteiger charge is 2.21. The van der Waals surface area contributed by atoms with Crippen LogP contribution < -0.4 is 15.4 Å². The molecule has 1 saturated heterocycles. The molecule has 2 unspecified atom stereocenters. The Morgan fingerprint density at radius 2 is 1.83 bits per heavy atom. The van der Waals surface area contributed by atoms with Gasteiger partial charge in [0.25, 0.3) is 5.91 Å². The molecule has 0 aliphatic carbocycles. The minimum Gasteiger partial charge on any atom is -0.481 e. The van der Waals surface area contributed by atoms with E-state index in [4.69, 9.17) is 4.74 Å². The molecular weight excluding hydrogens is 288 g/mol. The minimum absolute atomic E-state index is 0.0640. The first-order chi connectivity index (χ1) is 11.2. The lowest BCUT2D eigenvalue weighted by molar-refractivity contribution is -0.127. The Morgan fingerprint density at radius 3 is 2.48 bits per heavy atom. The van der Waals surface area contributed by atoms with E-state index in [-0.39, 0.29) is 11.9 Å². The number of amides is 1. The maximum atomic E-state index is 12.1. The summed E-state index contributed by atoms with van der Waals surface area (Å²) in [7, 11) is 0. The lowest BCUT2D eigenvalue weighted by Gasteiger charge is -2.18. The van der Waals surface area contributed by atoms with Gasteiger partial charge in [0, 0.05) is 12.6 Å². The maximum Gasteiger partial charge on any atom is 0.261 e. The number of rotatable bonds is 5. The molecule has 4 nitrogen and oxygen atoms in total. The van der Waals surface area contributed by atoms with E-state index in [2.05, 4.69) is 22.8 Å². The zero-order valence-electron chi connectivity index (χ0n) is 13.3. The Balaban J connectivity index is 1.58. The molecule has 3 rings (SSSR count). The highest BCUT2D eigenvalue weighted by atomic mass is 16.5. The number of hydrogen-bond acceptors (Lipinski definition) is 3. The van der Waals surface area contributed by atoms with Crippen LogP contribution in [0.25, 0.3) is 11.1 Å². The van der Waals surface area contributed by atoms with Gasteiger partial charge >= 0.3 is 0 Å². The average molecular weight is 310 g/mol. The first kappa shape index (κ1) is 15.6. The van der Waals surface area contributed by atoms with E-state index in [1.807, 2.05) is 42.5 Å². The molecule has 1 fully saturated rings. The quantitative estimate of drug-likeness (QED) is 0.892. The highest BCUT2D eigenvalue weighted by molar-refractivity contribution is 5.81. The van der Waals surface area contributed by atoms with Crippen molar-refractivity contribution in [3.8, 4) is 16.9 Å². The first-order valence-corrected chi connectivity index (χ1v) is 8.05. The molecule has 2 aromatic rings. The van der Waals surface area contributed by atoms with Crippen LogP contribution in [0.3, 0.4) is 0 Å². The van der Waals surface area contributed by atoms with Gasteiger partial charge in [0.2, 0.25) is 0 Å². The second-order valence-corrected chi connectivity index (χ2v) is 5.85. The monoisotopic (exact) mass is 310 g/mol. The smallest absolute Gasteiger partial charge is 0.261 e. The van der Waals surface area contributed by atoms with Gasteiger partial charge < -0.3 is 15.4 Å². The van der Waals surface area contributed by atoms with Crippen molar-refractivity contribution in [1.29, 1.82) is 0 Å².